The zero-order valence-corrected chi connectivity index (χ0v) is 13.8. The second kappa shape index (κ2) is 7.08. The Morgan fingerprint density at radius 1 is 1.28 bits per heavy atom. The van der Waals surface area contributed by atoms with E-state index in [2.05, 4.69) is 20.6 Å². The number of esters is 1. The van der Waals surface area contributed by atoms with Gasteiger partial charge in [-0.25, -0.2) is 14.6 Å². The highest BCUT2D eigenvalue weighted by atomic mass is 16.5. The van der Waals surface area contributed by atoms with Gasteiger partial charge in [-0.2, -0.15) is 0 Å². The lowest BCUT2D eigenvalue weighted by atomic mass is 10.0. The number of urea groups is 1. The Bertz CT molecular complexity index is 797. The minimum Gasteiger partial charge on any atom is -0.497 e. The van der Waals surface area contributed by atoms with E-state index in [1.807, 2.05) is 12.1 Å². The van der Waals surface area contributed by atoms with Crippen molar-refractivity contribution in [1.29, 1.82) is 0 Å². The largest absolute Gasteiger partial charge is 0.497 e. The van der Waals surface area contributed by atoms with Gasteiger partial charge in [0.1, 0.15) is 24.2 Å². The molecule has 2 heterocycles. The summed E-state index contributed by atoms with van der Waals surface area (Å²) in [6.45, 7) is 1.76. The van der Waals surface area contributed by atoms with Gasteiger partial charge in [0.15, 0.2) is 0 Å². The second-order valence-electron chi connectivity index (χ2n) is 5.47. The molecule has 0 fully saturated rings. The number of allylic oxidation sites excluding steroid dienone is 1. The van der Waals surface area contributed by atoms with Crippen LogP contribution in [0.15, 0.2) is 47.9 Å². The molecular formula is C17H18N4O4. The first-order valence-electron chi connectivity index (χ1n) is 7.66. The number of aromatic nitrogens is 2. The number of hydrogen-bond acceptors (Lipinski definition) is 5. The van der Waals surface area contributed by atoms with E-state index in [4.69, 9.17) is 9.47 Å². The summed E-state index contributed by atoms with van der Waals surface area (Å²) >= 11 is 0. The van der Waals surface area contributed by atoms with E-state index in [0.717, 1.165) is 11.3 Å². The van der Waals surface area contributed by atoms with Crippen molar-refractivity contribution in [2.75, 3.05) is 7.11 Å². The molecule has 1 atom stereocenters. The number of ether oxygens (including phenoxy) is 2. The van der Waals surface area contributed by atoms with Gasteiger partial charge in [0.05, 0.1) is 12.7 Å². The van der Waals surface area contributed by atoms with Gasteiger partial charge >= 0.3 is 12.0 Å². The summed E-state index contributed by atoms with van der Waals surface area (Å²) in [5.41, 5.74) is 1.57. The second-order valence-corrected chi connectivity index (χ2v) is 5.47. The Kier molecular flexibility index (Phi) is 4.69. The maximum Gasteiger partial charge on any atom is 0.338 e. The van der Waals surface area contributed by atoms with Crippen LogP contribution >= 0.6 is 0 Å². The molecule has 2 aromatic rings. The number of benzene rings is 1. The van der Waals surface area contributed by atoms with Gasteiger partial charge in [-0.15, -0.1) is 0 Å². The minimum absolute atomic E-state index is 0.110. The van der Waals surface area contributed by atoms with Gasteiger partial charge < -0.3 is 25.1 Å². The lowest BCUT2D eigenvalue weighted by molar-refractivity contribution is -0.140. The van der Waals surface area contributed by atoms with E-state index in [-0.39, 0.29) is 6.61 Å². The van der Waals surface area contributed by atoms with Crippen LogP contribution in [-0.2, 0) is 16.1 Å². The summed E-state index contributed by atoms with van der Waals surface area (Å²) in [5, 5.41) is 5.26. The molecule has 3 rings (SSSR count). The van der Waals surface area contributed by atoms with E-state index < -0.39 is 18.0 Å². The highest BCUT2D eigenvalue weighted by molar-refractivity contribution is 5.94. The topological polar surface area (TPSA) is 105 Å². The lowest BCUT2D eigenvalue weighted by Gasteiger charge is -2.26. The van der Waals surface area contributed by atoms with Crippen molar-refractivity contribution >= 4 is 12.0 Å². The number of rotatable bonds is 5. The van der Waals surface area contributed by atoms with Gasteiger partial charge in [0, 0.05) is 18.1 Å². The van der Waals surface area contributed by atoms with Crippen LogP contribution in [0.4, 0.5) is 4.79 Å². The smallest absolute Gasteiger partial charge is 0.338 e. The molecule has 25 heavy (non-hydrogen) atoms. The zero-order valence-electron chi connectivity index (χ0n) is 13.8. The number of H-pyrrole nitrogens is 1. The monoisotopic (exact) mass is 342 g/mol. The zero-order chi connectivity index (χ0) is 17.8. The number of methoxy groups -OCH3 is 1. The van der Waals surface area contributed by atoms with Crippen molar-refractivity contribution in [3.8, 4) is 5.75 Å². The molecular weight excluding hydrogens is 324 g/mol. The third-order valence-corrected chi connectivity index (χ3v) is 3.81. The fourth-order valence-electron chi connectivity index (χ4n) is 2.55. The SMILES string of the molecule is COc1ccc(COC(=O)C2=C(C)NC(=O)NC2c2ncc[nH]2)cc1. The van der Waals surface area contributed by atoms with Crippen LogP contribution in [-0.4, -0.2) is 29.1 Å². The lowest BCUT2D eigenvalue weighted by Crippen LogP contribution is -2.45. The number of amides is 2. The Morgan fingerprint density at radius 2 is 2.04 bits per heavy atom. The summed E-state index contributed by atoms with van der Waals surface area (Å²) < 4.78 is 10.5. The van der Waals surface area contributed by atoms with Crippen LogP contribution in [0.3, 0.4) is 0 Å². The fourth-order valence-corrected chi connectivity index (χ4v) is 2.55. The maximum atomic E-state index is 12.6. The number of carbonyl (C=O) groups excluding carboxylic acids is 2. The van der Waals surface area contributed by atoms with Crippen LogP contribution < -0.4 is 15.4 Å². The first kappa shape index (κ1) is 16.6. The number of imidazole rings is 1. The van der Waals surface area contributed by atoms with Crippen LogP contribution in [0.1, 0.15) is 24.4 Å². The van der Waals surface area contributed by atoms with E-state index >= 15 is 0 Å². The van der Waals surface area contributed by atoms with E-state index in [9.17, 15) is 9.59 Å². The molecule has 2 amide bonds. The van der Waals surface area contributed by atoms with Crippen molar-refractivity contribution in [3.05, 3.63) is 59.3 Å². The predicted molar refractivity (Wildman–Crippen MR) is 88.5 cm³/mol. The molecule has 1 unspecified atom stereocenters. The molecule has 0 spiro atoms. The minimum atomic E-state index is -0.688. The highest BCUT2D eigenvalue weighted by Crippen LogP contribution is 2.25. The Morgan fingerprint density at radius 3 is 2.68 bits per heavy atom. The summed E-state index contributed by atoms with van der Waals surface area (Å²) in [4.78, 5) is 31.3. The van der Waals surface area contributed by atoms with E-state index in [0.29, 0.717) is 17.1 Å². The van der Waals surface area contributed by atoms with Gasteiger partial charge in [-0.3, -0.25) is 0 Å². The van der Waals surface area contributed by atoms with Crippen molar-refractivity contribution in [2.45, 2.75) is 19.6 Å². The maximum absolute atomic E-state index is 12.6. The van der Waals surface area contributed by atoms with Crippen LogP contribution in [0.2, 0.25) is 0 Å². The molecule has 1 aliphatic rings. The number of aromatic amines is 1. The standard InChI is InChI=1S/C17H18N4O4/c1-10-13(14(21-17(23)20-10)15-18-7-8-19-15)16(22)25-9-11-3-5-12(24-2)6-4-11/h3-8,14H,9H2,1-2H3,(H,18,19)(H2,20,21,23). The molecule has 8 heteroatoms. The summed E-state index contributed by atoms with van der Waals surface area (Å²) in [7, 11) is 1.59. The number of nitrogens with one attached hydrogen (secondary N) is 3. The third kappa shape index (κ3) is 3.63. The Balaban J connectivity index is 1.76. The van der Waals surface area contributed by atoms with Gasteiger partial charge in [0.25, 0.3) is 0 Å². The fraction of sp³-hybridized carbons (Fsp3) is 0.235. The van der Waals surface area contributed by atoms with E-state index in [1.165, 1.54) is 0 Å². The summed E-state index contributed by atoms with van der Waals surface area (Å²) in [5.74, 6) is 0.665. The van der Waals surface area contributed by atoms with Crippen molar-refractivity contribution < 1.29 is 19.1 Å². The van der Waals surface area contributed by atoms with Crippen molar-refractivity contribution in [3.63, 3.8) is 0 Å². The van der Waals surface area contributed by atoms with Crippen molar-refractivity contribution in [2.24, 2.45) is 0 Å². The first-order valence-corrected chi connectivity index (χ1v) is 7.66. The average molecular weight is 342 g/mol. The number of hydrogen-bond donors (Lipinski definition) is 3. The number of carbonyl (C=O) groups is 2. The number of nitrogens with zero attached hydrogens (tertiary/aromatic N) is 1. The molecule has 1 aliphatic heterocycles. The van der Waals surface area contributed by atoms with Crippen LogP contribution in [0, 0.1) is 0 Å². The molecule has 0 aliphatic carbocycles. The van der Waals surface area contributed by atoms with Crippen LogP contribution in [0.5, 0.6) is 5.75 Å². The Labute approximate surface area is 144 Å². The van der Waals surface area contributed by atoms with E-state index in [1.54, 1.807) is 38.6 Å². The van der Waals surface area contributed by atoms with Gasteiger partial charge in [-0.1, -0.05) is 12.1 Å². The Hall–Kier alpha value is -3.29. The molecule has 0 saturated carbocycles. The summed E-state index contributed by atoms with van der Waals surface area (Å²) in [6, 6.07) is 6.14. The molecule has 8 nitrogen and oxygen atoms in total. The molecule has 0 saturated heterocycles. The molecule has 1 aromatic carbocycles. The van der Waals surface area contributed by atoms with Gasteiger partial charge in [-0.05, 0) is 24.6 Å². The molecule has 0 radical (unpaired) electrons. The van der Waals surface area contributed by atoms with Gasteiger partial charge in [0.2, 0.25) is 0 Å². The molecule has 0 bridgehead atoms. The molecule has 1 aromatic heterocycles. The quantitative estimate of drug-likeness (QED) is 0.719. The first-order chi connectivity index (χ1) is 12.1. The third-order valence-electron chi connectivity index (χ3n) is 3.81. The van der Waals surface area contributed by atoms with Crippen LogP contribution in [0.25, 0.3) is 0 Å². The molecule has 130 valence electrons. The van der Waals surface area contributed by atoms with Crippen molar-refractivity contribution in [1.82, 2.24) is 20.6 Å². The molecule has 3 N–H and O–H groups in total. The summed E-state index contributed by atoms with van der Waals surface area (Å²) in [6.07, 6.45) is 3.18. The normalized spacial score (nSPS) is 16.9. The highest BCUT2D eigenvalue weighted by Gasteiger charge is 2.33. The predicted octanol–water partition coefficient (Wildman–Crippen LogP) is 1.79. The average Bonchev–Trinajstić information content (AvgIpc) is 3.14.